The van der Waals surface area contributed by atoms with Gasteiger partial charge in [-0.15, -0.1) is 12.4 Å². The molecule has 0 fully saturated rings. The summed E-state index contributed by atoms with van der Waals surface area (Å²) in [6.45, 7) is 0. The highest BCUT2D eigenvalue weighted by Gasteiger charge is 2.13. The number of hydrogen-bond donors (Lipinski definition) is 2. The van der Waals surface area contributed by atoms with E-state index in [-0.39, 0.29) is 24.6 Å². The molecule has 6 heteroatoms. The van der Waals surface area contributed by atoms with E-state index < -0.39 is 12.0 Å². The van der Waals surface area contributed by atoms with Gasteiger partial charge in [-0.25, -0.2) is 4.39 Å². The molecule has 0 spiro atoms. The van der Waals surface area contributed by atoms with Crippen molar-refractivity contribution >= 4 is 34.3 Å². The monoisotopic (exact) mass is 297 g/mol. The Morgan fingerprint density at radius 2 is 2.20 bits per heavy atom. The number of nitrogens with two attached hydrogens (primary N) is 1. The molecule has 0 amide bonds. The Balaban J connectivity index is 0.00000196. The Morgan fingerprint density at radius 1 is 1.60 bits per heavy atom. The predicted molar refractivity (Wildman–Crippen MR) is 60.5 cm³/mol. The van der Waals surface area contributed by atoms with E-state index in [1.165, 1.54) is 18.2 Å². The molecule has 0 bridgehead atoms. The van der Waals surface area contributed by atoms with E-state index in [1.54, 1.807) is 0 Å². The van der Waals surface area contributed by atoms with Gasteiger partial charge in [0.15, 0.2) is 0 Å². The Hall–Kier alpha value is -0.650. The number of hydrogen-bond acceptors (Lipinski definition) is 2. The maximum atomic E-state index is 12.7. The van der Waals surface area contributed by atoms with E-state index >= 15 is 0 Å². The second kappa shape index (κ2) is 6.05. The first-order valence-corrected chi connectivity index (χ1v) is 4.72. The van der Waals surface area contributed by atoms with Crippen LogP contribution in [0.5, 0.6) is 0 Å². The molecule has 0 aliphatic carbocycles. The first kappa shape index (κ1) is 14.3. The molecule has 3 nitrogen and oxygen atoms in total. The van der Waals surface area contributed by atoms with Crippen LogP contribution in [0.3, 0.4) is 0 Å². The summed E-state index contributed by atoms with van der Waals surface area (Å²) in [5.74, 6) is -1.36. The molecule has 0 heterocycles. The number of rotatable bonds is 3. The van der Waals surface area contributed by atoms with Gasteiger partial charge in [0.2, 0.25) is 0 Å². The molecule has 3 N–H and O–H groups in total. The smallest absolute Gasteiger partial charge is 0.305 e. The Labute approximate surface area is 101 Å². The molecule has 0 aliphatic heterocycles. The van der Waals surface area contributed by atoms with Crippen molar-refractivity contribution in [3.63, 3.8) is 0 Å². The first-order valence-electron chi connectivity index (χ1n) is 3.93. The summed E-state index contributed by atoms with van der Waals surface area (Å²) in [6.07, 6.45) is -0.176. The van der Waals surface area contributed by atoms with Gasteiger partial charge in [-0.2, -0.15) is 0 Å². The molecule has 1 atom stereocenters. The number of halogens is 3. The van der Waals surface area contributed by atoms with Crippen molar-refractivity contribution in [2.24, 2.45) is 5.73 Å². The van der Waals surface area contributed by atoms with Crippen molar-refractivity contribution in [2.75, 3.05) is 0 Å². The molecular weight excluding hydrogens is 288 g/mol. The second-order valence-electron chi connectivity index (χ2n) is 2.87. The van der Waals surface area contributed by atoms with Crippen molar-refractivity contribution in [3.8, 4) is 0 Å². The normalized spacial score (nSPS) is 11.7. The Morgan fingerprint density at radius 3 is 2.67 bits per heavy atom. The van der Waals surface area contributed by atoms with E-state index in [4.69, 9.17) is 10.8 Å². The zero-order valence-corrected chi connectivity index (χ0v) is 10.0. The molecule has 0 radical (unpaired) electrons. The zero-order valence-electron chi connectivity index (χ0n) is 7.61. The third-order valence-corrected chi connectivity index (χ3v) is 2.44. The number of benzene rings is 1. The lowest BCUT2D eigenvalue weighted by Gasteiger charge is -2.11. The van der Waals surface area contributed by atoms with E-state index in [2.05, 4.69) is 15.9 Å². The summed E-state index contributed by atoms with van der Waals surface area (Å²) in [5.41, 5.74) is 6.21. The Bertz CT molecular complexity index is 362. The maximum Gasteiger partial charge on any atom is 0.305 e. The minimum absolute atomic E-state index is 0. The van der Waals surface area contributed by atoms with E-state index in [0.29, 0.717) is 10.0 Å². The lowest BCUT2D eigenvalue weighted by molar-refractivity contribution is -0.137. The van der Waals surface area contributed by atoms with Crippen LogP contribution in [0.15, 0.2) is 22.7 Å². The molecule has 1 aromatic rings. The molecule has 84 valence electrons. The van der Waals surface area contributed by atoms with Crippen LogP contribution in [0, 0.1) is 5.82 Å². The van der Waals surface area contributed by atoms with Gasteiger partial charge in [0, 0.05) is 10.5 Å². The molecular formula is C9H10BrClFNO2. The van der Waals surface area contributed by atoms with Crippen molar-refractivity contribution in [1.29, 1.82) is 0 Å². The van der Waals surface area contributed by atoms with Gasteiger partial charge in [-0.05, 0) is 17.7 Å². The summed E-state index contributed by atoms with van der Waals surface area (Å²) in [6, 6.07) is 3.37. The fourth-order valence-electron chi connectivity index (χ4n) is 1.10. The van der Waals surface area contributed by atoms with Gasteiger partial charge in [0.05, 0.1) is 6.42 Å². The third kappa shape index (κ3) is 4.15. The van der Waals surface area contributed by atoms with Crippen LogP contribution in [0.2, 0.25) is 0 Å². The molecule has 1 aromatic carbocycles. The molecule has 0 saturated heterocycles. The van der Waals surface area contributed by atoms with E-state index in [1.807, 2.05) is 0 Å². The van der Waals surface area contributed by atoms with Gasteiger partial charge < -0.3 is 10.8 Å². The van der Waals surface area contributed by atoms with Crippen molar-refractivity contribution in [3.05, 3.63) is 34.1 Å². The lowest BCUT2D eigenvalue weighted by atomic mass is 10.1. The van der Waals surface area contributed by atoms with E-state index in [9.17, 15) is 9.18 Å². The average molecular weight is 299 g/mol. The summed E-state index contributed by atoms with van der Waals surface area (Å²) in [4.78, 5) is 10.4. The largest absolute Gasteiger partial charge is 0.481 e. The number of carboxylic acid groups (broad SMARTS) is 1. The fraction of sp³-hybridized carbons (Fsp3) is 0.222. The molecule has 15 heavy (non-hydrogen) atoms. The minimum atomic E-state index is -0.978. The molecule has 1 rings (SSSR count). The lowest BCUT2D eigenvalue weighted by Crippen LogP contribution is -2.15. The molecule has 0 aliphatic rings. The molecule has 0 aromatic heterocycles. The summed E-state index contributed by atoms with van der Waals surface area (Å²) in [5, 5.41) is 8.52. The Kier molecular flexibility index (Phi) is 5.79. The van der Waals surface area contributed by atoms with Crippen LogP contribution in [0.4, 0.5) is 4.39 Å². The molecule has 1 unspecified atom stereocenters. The van der Waals surface area contributed by atoms with Gasteiger partial charge in [-0.3, -0.25) is 4.79 Å². The van der Waals surface area contributed by atoms with Crippen molar-refractivity contribution < 1.29 is 14.3 Å². The van der Waals surface area contributed by atoms with Crippen molar-refractivity contribution in [1.82, 2.24) is 0 Å². The van der Waals surface area contributed by atoms with Crippen LogP contribution >= 0.6 is 28.3 Å². The van der Waals surface area contributed by atoms with E-state index in [0.717, 1.165) is 0 Å². The SMILES string of the molecule is Cl.NC(CC(=O)O)c1ccc(F)cc1Br. The second-order valence-corrected chi connectivity index (χ2v) is 3.72. The summed E-state index contributed by atoms with van der Waals surface area (Å²) in [7, 11) is 0. The standard InChI is InChI=1S/C9H9BrFNO2.ClH/c10-7-3-5(11)1-2-6(7)8(12)4-9(13)14;/h1-3,8H,4,12H2,(H,13,14);1H. The van der Waals surface area contributed by atoms with Crippen LogP contribution in [-0.4, -0.2) is 11.1 Å². The molecule has 0 saturated carbocycles. The maximum absolute atomic E-state index is 12.7. The highest BCUT2D eigenvalue weighted by Crippen LogP contribution is 2.24. The van der Waals surface area contributed by atoms with Gasteiger partial charge in [-0.1, -0.05) is 22.0 Å². The van der Waals surface area contributed by atoms with Crippen LogP contribution in [-0.2, 0) is 4.79 Å². The minimum Gasteiger partial charge on any atom is -0.481 e. The van der Waals surface area contributed by atoms with Crippen molar-refractivity contribution in [2.45, 2.75) is 12.5 Å². The topological polar surface area (TPSA) is 63.3 Å². The van der Waals surface area contributed by atoms with Crippen LogP contribution < -0.4 is 5.73 Å². The fourth-order valence-corrected chi connectivity index (χ4v) is 1.75. The summed E-state index contributed by atoms with van der Waals surface area (Å²) >= 11 is 3.12. The zero-order chi connectivity index (χ0) is 10.7. The number of carboxylic acids is 1. The van der Waals surface area contributed by atoms with Gasteiger partial charge in [0.1, 0.15) is 5.82 Å². The first-order chi connectivity index (χ1) is 6.50. The average Bonchev–Trinajstić information content (AvgIpc) is 2.01. The number of aliphatic carboxylic acids is 1. The van der Waals surface area contributed by atoms with Crippen LogP contribution in [0.1, 0.15) is 18.0 Å². The van der Waals surface area contributed by atoms with Gasteiger partial charge >= 0.3 is 5.97 Å². The highest BCUT2D eigenvalue weighted by atomic mass is 79.9. The summed E-state index contributed by atoms with van der Waals surface area (Å²) < 4.78 is 13.2. The quantitative estimate of drug-likeness (QED) is 0.901. The third-order valence-electron chi connectivity index (χ3n) is 1.76. The van der Waals surface area contributed by atoms with Gasteiger partial charge in [0.25, 0.3) is 0 Å². The predicted octanol–water partition coefficient (Wildman–Crippen LogP) is 2.48. The van der Waals surface area contributed by atoms with Crippen LogP contribution in [0.25, 0.3) is 0 Å². The number of carbonyl (C=O) groups is 1. The highest BCUT2D eigenvalue weighted by molar-refractivity contribution is 9.10.